The van der Waals surface area contributed by atoms with Gasteiger partial charge in [0, 0.05) is 6.20 Å². The maximum Gasteiger partial charge on any atom is 0.257 e. The van der Waals surface area contributed by atoms with Crippen LogP contribution in [0.1, 0.15) is 15.9 Å². The molecule has 2 aromatic rings. The number of carbonyl (C=O) groups is 1. The fourth-order valence-corrected chi connectivity index (χ4v) is 1.72. The van der Waals surface area contributed by atoms with Crippen LogP contribution in [0.5, 0.6) is 0 Å². The van der Waals surface area contributed by atoms with Crippen LogP contribution in [0, 0.1) is 12.7 Å². The van der Waals surface area contributed by atoms with Gasteiger partial charge in [-0.25, -0.2) is 9.37 Å². The van der Waals surface area contributed by atoms with E-state index in [1.807, 2.05) is 6.92 Å². The monoisotopic (exact) mass is 279 g/mol. The van der Waals surface area contributed by atoms with E-state index in [4.69, 9.17) is 17.3 Å². The lowest BCUT2D eigenvalue weighted by atomic mass is 10.1. The molecule has 0 radical (unpaired) electrons. The third-order valence-corrected chi connectivity index (χ3v) is 2.82. The van der Waals surface area contributed by atoms with E-state index in [0.29, 0.717) is 5.69 Å². The van der Waals surface area contributed by atoms with E-state index in [1.54, 1.807) is 12.3 Å². The van der Waals surface area contributed by atoms with Gasteiger partial charge in [-0.2, -0.15) is 0 Å². The number of para-hydroxylation sites is 1. The molecule has 4 nitrogen and oxygen atoms in total. The first kappa shape index (κ1) is 13.3. The molecule has 1 aromatic carbocycles. The van der Waals surface area contributed by atoms with Crippen molar-refractivity contribution >= 4 is 28.9 Å². The predicted octanol–water partition coefficient (Wildman–Crippen LogP) is 3.02. The number of amides is 1. The first-order valence-corrected chi connectivity index (χ1v) is 5.84. The molecule has 0 spiro atoms. The van der Waals surface area contributed by atoms with Gasteiger partial charge in [0.05, 0.1) is 16.9 Å². The summed E-state index contributed by atoms with van der Waals surface area (Å²) in [7, 11) is 0. The van der Waals surface area contributed by atoms with Gasteiger partial charge >= 0.3 is 0 Å². The second kappa shape index (κ2) is 5.24. The number of benzene rings is 1. The number of nitrogens with two attached hydrogens (primary N) is 1. The molecule has 0 aliphatic heterocycles. The van der Waals surface area contributed by atoms with E-state index in [0.717, 1.165) is 5.56 Å². The number of rotatable bonds is 2. The zero-order chi connectivity index (χ0) is 14.0. The SMILES string of the molecule is Cc1cnc(Cl)c(NC(=O)c2cccc(F)c2N)c1. The number of aromatic nitrogens is 1. The average molecular weight is 280 g/mol. The fraction of sp³-hybridized carbons (Fsp3) is 0.0769. The molecule has 1 aromatic heterocycles. The molecule has 0 aliphatic rings. The minimum absolute atomic E-state index is 0.0533. The zero-order valence-corrected chi connectivity index (χ0v) is 10.8. The molecule has 0 bridgehead atoms. The van der Waals surface area contributed by atoms with Crippen molar-refractivity contribution in [2.45, 2.75) is 6.92 Å². The van der Waals surface area contributed by atoms with Crippen molar-refractivity contribution < 1.29 is 9.18 Å². The number of nitrogens with one attached hydrogen (secondary N) is 1. The number of nitrogens with zero attached hydrogens (tertiary/aromatic N) is 1. The number of halogens is 2. The summed E-state index contributed by atoms with van der Waals surface area (Å²) in [6.07, 6.45) is 1.58. The highest BCUT2D eigenvalue weighted by molar-refractivity contribution is 6.32. The smallest absolute Gasteiger partial charge is 0.257 e. The van der Waals surface area contributed by atoms with Crippen LogP contribution in [0.15, 0.2) is 30.5 Å². The third-order valence-electron chi connectivity index (χ3n) is 2.52. The van der Waals surface area contributed by atoms with Gasteiger partial charge in [-0.05, 0) is 30.7 Å². The Hall–Kier alpha value is -2.14. The molecule has 1 heterocycles. The summed E-state index contributed by atoms with van der Waals surface area (Å²) >= 11 is 5.87. The van der Waals surface area contributed by atoms with Crippen molar-refractivity contribution in [3.05, 3.63) is 52.6 Å². The lowest BCUT2D eigenvalue weighted by Gasteiger charge is -2.09. The first-order valence-electron chi connectivity index (χ1n) is 5.46. The standard InChI is InChI=1S/C13H11ClFN3O/c1-7-5-10(12(14)17-6-7)18-13(19)8-3-2-4-9(15)11(8)16/h2-6H,16H2,1H3,(H,18,19). The normalized spacial score (nSPS) is 10.3. The van der Waals surface area contributed by atoms with Crippen LogP contribution in [0.4, 0.5) is 15.8 Å². The molecule has 0 saturated carbocycles. The molecule has 6 heteroatoms. The molecule has 1 amide bonds. The van der Waals surface area contributed by atoms with E-state index >= 15 is 0 Å². The predicted molar refractivity (Wildman–Crippen MR) is 72.7 cm³/mol. The van der Waals surface area contributed by atoms with Crippen LogP contribution in [-0.4, -0.2) is 10.9 Å². The largest absolute Gasteiger partial charge is 0.396 e. The first-order chi connectivity index (χ1) is 8.99. The second-order valence-electron chi connectivity index (χ2n) is 4.01. The average Bonchev–Trinajstić information content (AvgIpc) is 2.37. The van der Waals surface area contributed by atoms with Crippen molar-refractivity contribution in [3.63, 3.8) is 0 Å². The maximum atomic E-state index is 13.3. The van der Waals surface area contributed by atoms with Gasteiger partial charge in [0.1, 0.15) is 5.82 Å². The van der Waals surface area contributed by atoms with Crippen LogP contribution in [0.25, 0.3) is 0 Å². The number of carbonyl (C=O) groups excluding carboxylic acids is 1. The van der Waals surface area contributed by atoms with E-state index in [1.165, 1.54) is 18.2 Å². The number of aryl methyl sites for hydroxylation is 1. The van der Waals surface area contributed by atoms with Crippen molar-refractivity contribution in [1.82, 2.24) is 4.98 Å². The molecule has 0 aliphatic carbocycles. The summed E-state index contributed by atoms with van der Waals surface area (Å²) in [5.74, 6) is -1.17. The van der Waals surface area contributed by atoms with Crippen LogP contribution in [0.3, 0.4) is 0 Å². The minimum Gasteiger partial charge on any atom is -0.396 e. The minimum atomic E-state index is -0.638. The summed E-state index contributed by atoms with van der Waals surface area (Å²) in [6.45, 7) is 1.82. The summed E-state index contributed by atoms with van der Waals surface area (Å²) < 4.78 is 13.3. The summed E-state index contributed by atoms with van der Waals surface area (Å²) in [5, 5.41) is 2.72. The Labute approximate surface area is 114 Å². The Bertz CT molecular complexity index is 646. The van der Waals surface area contributed by atoms with E-state index in [9.17, 15) is 9.18 Å². The van der Waals surface area contributed by atoms with Gasteiger partial charge in [-0.15, -0.1) is 0 Å². The van der Waals surface area contributed by atoms with Gasteiger partial charge in [0.15, 0.2) is 5.15 Å². The number of nitrogen functional groups attached to an aromatic ring is 1. The summed E-state index contributed by atoms with van der Waals surface area (Å²) in [6, 6.07) is 5.71. The Balaban J connectivity index is 2.31. The highest BCUT2D eigenvalue weighted by Crippen LogP contribution is 2.22. The van der Waals surface area contributed by atoms with Gasteiger partial charge in [-0.3, -0.25) is 4.79 Å². The van der Waals surface area contributed by atoms with E-state index < -0.39 is 11.7 Å². The quantitative estimate of drug-likeness (QED) is 0.656. The van der Waals surface area contributed by atoms with Gasteiger partial charge < -0.3 is 11.1 Å². The Kier molecular flexibility index (Phi) is 3.66. The van der Waals surface area contributed by atoms with Crippen LogP contribution >= 0.6 is 11.6 Å². The molecule has 0 fully saturated rings. The van der Waals surface area contributed by atoms with Crippen LogP contribution in [-0.2, 0) is 0 Å². The summed E-state index contributed by atoms with van der Waals surface area (Å²) in [5.41, 5.74) is 6.57. The Morgan fingerprint density at radius 1 is 1.47 bits per heavy atom. The Morgan fingerprint density at radius 2 is 2.21 bits per heavy atom. The molecule has 2 rings (SSSR count). The third kappa shape index (κ3) is 2.82. The van der Waals surface area contributed by atoms with Crippen LogP contribution < -0.4 is 11.1 Å². The van der Waals surface area contributed by atoms with Crippen LogP contribution in [0.2, 0.25) is 5.15 Å². The number of hydrogen-bond donors (Lipinski definition) is 2. The van der Waals surface area contributed by atoms with Gasteiger partial charge in [-0.1, -0.05) is 17.7 Å². The van der Waals surface area contributed by atoms with Crippen molar-refractivity contribution in [2.24, 2.45) is 0 Å². The molecule has 0 saturated heterocycles. The van der Waals surface area contributed by atoms with Crippen molar-refractivity contribution in [2.75, 3.05) is 11.1 Å². The van der Waals surface area contributed by atoms with Crippen molar-refractivity contribution in [1.29, 1.82) is 0 Å². The topological polar surface area (TPSA) is 68.0 Å². The molecular weight excluding hydrogens is 269 g/mol. The fourth-order valence-electron chi connectivity index (χ4n) is 1.56. The Morgan fingerprint density at radius 3 is 2.95 bits per heavy atom. The lowest BCUT2D eigenvalue weighted by molar-refractivity contribution is 0.102. The molecule has 0 atom stereocenters. The molecular formula is C13H11ClFN3O. The van der Waals surface area contributed by atoms with E-state index in [-0.39, 0.29) is 16.4 Å². The molecule has 0 unspecified atom stereocenters. The van der Waals surface area contributed by atoms with Gasteiger partial charge in [0.2, 0.25) is 0 Å². The number of anilines is 2. The zero-order valence-electron chi connectivity index (χ0n) is 10.1. The number of pyridine rings is 1. The van der Waals surface area contributed by atoms with Gasteiger partial charge in [0.25, 0.3) is 5.91 Å². The molecule has 19 heavy (non-hydrogen) atoms. The van der Waals surface area contributed by atoms with Crippen molar-refractivity contribution in [3.8, 4) is 0 Å². The highest BCUT2D eigenvalue weighted by atomic mass is 35.5. The second-order valence-corrected chi connectivity index (χ2v) is 4.36. The highest BCUT2D eigenvalue weighted by Gasteiger charge is 2.14. The summed E-state index contributed by atoms with van der Waals surface area (Å²) in [4.78, 5) is 15.9. The number of hydrogen-bond acceptors (Lipinski definition) is 3. The molecule has 98 valence electrons. The maximum absolute atomic E-state index is 13.3. The lowest BCUT2D eigenvalue weighted by Crippen LogP contribution is -2.15. The van der Waals surface area contributed by atoms with E-state index in [2.05, 4.69) is 10.3 Å². The molecule has 3 N–H and O–H groups in total.